The molecule has 4 rings (SSSR count). The highest BCUT2D eigenvalue weighted by Crippen LogP contribution is 2.29. The van der Waals surface area contributed by atoms with Gasteiger partial charge in [0.25, 0.3) is 0 Å². The van der Waals surface area contributed by atoms with Crippen LogP contribution in [-0.4, -0.2) is 29.5 Å². The monoisotopic (exact) mass is 311 g/mol. The van der Waals surface area contributed by atoms with Crippen molar-refractivity contribution in [3.8, 4) is 11.5 Å². The number of aryl methyl sites for hydroxylation is 1. The van der Waals surface area contributed by atoms with E-state index in [1.807, 2.05) is 29.9 Å². The SMILES string of the molecule is Cn1cc(CNC[C@@H]2CCOC2)c(-c2cc3ccccc3o2)n1. The van der Waals surface area contributed by atoms with Gasteiger partial charge in [0.15, 0.2) is 5.76 Å². The summed E-state index contributed by atoms with van der Waals surface area (Å²) in [4.78, 5) is 0. The lowest BCUT2D eigenvalue weighted by molar-refractivity contribution is 0.185. The quantitative estimate of drug-likeness (QED) is 0.787. The summed E-state index contributed by atoms with van der Waals surface area (Å²) in [5, 5.41) is 9.22. The van der Waals surface area contributed by atoms with Crippen LogP contribution >= 0.6 is 0 Å². The predicted octanol–water partition coefficient (Wildman–Crippen LogP) is 2.96. The maximum Gasteiger partial charge on any atom is 0.156 e. The van der Waals surface area contributed by atoms with Crippen molar-refractivity contribution in [2.45, 2.75) is 13.0 Å². The maximum absolute atomic E-state index is 5.96. The number of para-hydroxylation sites is 1. The van der Waals surface area contributed by atoms with Crippen molar-refractivity contribution in [1.29, 1.82) is 0 Å². The van der Waals surface area contributed by atoms with Gasteiger partial charge in [-0.2, -0.15) is 5.10 Å². The Morgan fingerprint density at radius 3 is 3.09 bits per heavy atom. The van der Waals surface area contributed by atoms with Crippen LogP contribution in [0.15, 0.2) is 40.9 Å². The van der Waals surface area contributed by atoms with E-state index in [9.17, 15) is 0 Å². The second-order valence-electron chi connectivity index (χ2n) is 6.19. The summed E-state index contributed by atoms with van der Waals surface area (Å²) in [6.45, 7) is 3.53. The summed E-state index contributed by atoms with van der Waals surface area (Å²) in [6, 6.07) is 10.1. The molecule has 2 aromatic heterocycles. The summed E-state index contributed by atoms with van der Waals surface area (Å²) in [7, 11) is 1.94. The number of benzene rings is 1. The third-order valence-electron chi connectivity index (χ3n) is 4.34. The number of ether oxygens (including phenoxy) is 1. The van der Waals surface area contributed by atoms with E-state index in [2.05, 4.69) is 28.7 Å². The summed E-state index contributed by atoms with van der Waals surface area (Å²) < 4.78 is 13.2. The van der Waals surface area contributed by atoms with E-state index in [-0.39, 0.29) is 0 Å². The Bertz CT molecular complexity index is 767. The molecule has 120 valence electrons. The highest BCUT2D eigenvalue weighted by Gasteiger charge is 2.17. The fraction of sp³-hybridized carbons (Fsp3) is 0.389. The Hall–Kier alpha value is -2.11. The van der Waals surface area contributed by atoms with Crippen LogP contribution in [0, 0.1) is 5.92 Å². The van der Waals surface area contributed by atoms with Crippen molar-refractivity contribution in [1.82, 2.24) is 15.1 Å². The zero-order chi connectivity index (χ0) is 15.6. The van der Waals surface area contributed by atoms with E-state index in [0.717, 1.165) is 60.7 Å². The molecule has 5 heteroatoms. The molecule has 1 saturated heterocycles. The van der Waals surface area contributed by atoms with Crippen LogP contribution in [0.2, 0.25) is 0 Å². The molecule has 1 aliphatic rings. The fourth-order valence-corrected chi connectivity index (χ4v) is 3.13. The molecule has 0 saturated carbocycles. The zero-order valence-electron chi connectivity index (χ0n) is 13.3. The van der Waals surface area contributed by atoms with Gasteiger partial charge in [-0.25, -0.2) is 0 Å². The summed E-state index contributed by atoms with van der Waals surface area (Å²) in [5.41, 5.74) is 2.97. The molecular weight excluding hydrogens is 290 g/mol. The molecule has 0 aliphatic carbocycles. The Balaban J connectivity index is 1.53. The summed E-state index contributed by atoms with van der Waals surface area (Å²) >= 11 is 0. The molecule has 3 aromatic rings. The zero-order valence-corrected chi connectivity index (χ0v) is 13.3. The van der Waals surface area contributed by atoms with Crippen LogP contribution in [0.4, 0.5) is 0 Å². The second-order valence-corrected chi connectivity index (χ2v) is 6.19. The first-order valence-corrected chi connectivity index (χ1v) is 8.09. The highest BCUT2D eigenvalue weighted by molar-refractivity contribution is 5.82. The normalized spacial score (nSPS) is 18.0. The van der Waals surface area contributed by atoms with Crippen molar-refractivity contribution >= 4 is 11.0 Å². The molecule has 0 amide bonds. The minimum absolute atomic E-state index is 0.626. The minimum Gasteiger partial charge on any atom is -0.454 e. The lowest BCUT2D eigenvalue weighted by Gasteiger charge is -2.08. The highest BCUT2D eigenvalue weighted by atomic mass is 16.5. The van der Waals surface area contributed by atoms with Crippen LogP contribution in [0.25, 0.3) is 22.4 Å². The van der Waals surface area contributed by atoms with Gasteiger partial charge >= 0.3 is 0 Å². The van der Waals surface area contributed by atoms with Crippen LogP contribution in [0.5, 0.6) is 0 Å². The number of aromatic nitrogens is 2. The third-order valence-corrected chi connectivity index (χ3v) is 4.34. The number of hydrogen-bond donors (Lipinski definition) is 1. The van der Waals surface area contributed by atoms with Gasteiger partial charge in [-0.3, -0.25) is 4.68 Å². The van der Waals surface area contributed by atoms with Gasteiger partial charge in [0.1, 0.15) is 11.3 Å². The molecular formula is C18H21N3O2. The molecule has 1 N–H and O–H groups in total. The van der Waals surface area contributed by atoms with Gasteiger partial charge in [-0.1, -0.05) is 18.2 Å². The molecule has 0 radical (unpaired) electrons. The lowest BCUT2D eigenvalue weighted by atomic mass is 10.1. The lowest BCUT2D eigenvalue weighted by Crippen LogP contribution is -2.22. The average molecular weight is 311 g/mol. The largest absolute Gasteiger partial charge is 0.454 e. The van der Waals surface area contributed by atoms with E-state index >= 15 is 0 Å². The van der Waals surface area contributed by atoms with Gasteiger partial charge < -0.3 is 14.5 Å². The van der Waals surface area contributed by atoms with Crippen molar-refractivity contribution < 1.29 is 9.15 Å². The maximum atomic E-state index is 5.96. The number of furan rings is 1. The first kappa shape index (κ1) is 14.5. The Labute approximate surface area is 135 Å². The Morgan fingerprint density at radius 1 is 1.35 bits per heavy atom. The number of nitrogens with one attached hydrogen (secondary N) is 1. The molecule has 1 atom stereocenters. The molecule has 0 spiro atoms. The molecule has 23 heavy (non-hydrogen) atoms. The first-order chi connectivity index (χ1) is 11.3. The number of nitrogens with zero attached hydrogens (tertiary/aromatic N) is 2. The van der Waals surface area contributed by atoms with Crippen molar-refractivity contribution in [3.05, 3.63) is 42.1 Å². The first-order valence-electron chi connectivity index (χ1n) is 8.09. The average Bonchev–Trinajstić information content (AvgIpc) is 3.26. The van der Waals surface area contributed by atoms with Crippen molar-refractivity contribution in [2.75, 3.05) is 19.8 Å². The third kappa shape index (κ3) is 3.02. The van der Waals surface area contributed by atoms with Gasteiger partial charge in [-0.15, -0.1) is 0 Å². The van der Waals surface area contributed by atoms with Crippen LogP contribution in [0.1, 0.15) is 12.0 Å². The minimum atomic E-state index is 0.626. The smallest absolute Gasteiger partial charge is 0.156 e. The summed E-state index contributed by atoms with van der Waals surface area (Å²) in [5.74, 6) is 1.45. The number of hydrogen-bond acceptors (Lipinski definition) is 4. The van der Waals surface area contributed by atoms with E-state index in [1.165, 1.54) is 0 Å². The molecule has 3 heterocycles. The molecule has 0 unspecified atom stereocenters. The van der Waals surface area contributed by atoms with Gasteiger partial charge in [-0.05, 0) is 24.5 Å². The van der Waals surface area contributed by atoms with Crippen LogP contribution in [-0.2, 0) is 18.3 Å². The fourth-order valence-electron chi connectivity index (χ4n) is 3.13. The number of rotatable bonds is 5. The standard InChI is InChI=1S/C18H21N3O2/c1-21-11-15(10-19-9-13-6-7-22-12-13)18(20-21)17-8-14-4-2-3-5-16(14)23-17/h2-5,8,11,13,19H,6-7,9-10,12H2,1H3/t13-/m0/s1. The number of fused-ring (bicyclic) bond motifs is 1. The molecule has 1 fully saturated rings. The van der Waals surface area contributed by atoms with Crippen LogP contribution in [0.3, 0.4) is 0 Å². The molecule has 0 bridgehead atoms. The van der Waals surface area contributed by atoms with E-state index in [4.69, 9.17) is 9.15 Å². The second kappa shape index (κ2) is 6.18. The Kier molecular flexibility index (Phi) is 3.89. The van der Waals surface area contributed by atoms with E-state index in [1.54, 1.807) is 0 Å². The topological polar surface area (TPSA) is 52.2 Å². The predicted molar refractivity (Wildman–Crippen MR) is 89.0 cm³/mol. The Morgan fingerprint density at radius 2 is 2.26 bits per heavy atom. The molecule has 5 nitrogen and oxygen atoms in total. The van der Waals surface area contributed by atoms with Crippen LogP contribution < -0.4 is 5.32 Å². The van der Waals surface area contributed by atoms with Gasteiger partial charge in [0.05, 0.1) is 6.61 Å². The molecule has 1 aromatic carbocycles. The van der Waals surface area contributed by atoms with Crippen molar-refractivity contribution in [3.63, 3.8) is 0 Å². The van der Waals surface area contributed by atoms with E-state index < -0.39 is 0 Å². The van der Waals surface area contributed by atoms with Gasteiger partial charge in [0.2, 0.25) is 0 Å². The van der Waals surface area contributed by atoms with Crippen molar-refractivity contribution in [2.24, 2.45) is 13.0 Å². The molecule has 1 aliphatic heterocycles. The summed E-state index contributed by atoms with van der Waals surface area (Å²) in [6.07, 6.45) is 3.21. The van der Waals surface area contributed by atoms with Gasteiger partial charge in [0, 0.05) is 43.9 Å². The van der Waals surface area contributed by atoms with E-state index in [0.29, 0.717) is 5.92 Å².